The Balaban J connectivity index is 0.00000161. The van der Waals surface area contributed by atoms with Crippen molar-refractivity contribution in [2.24, 2.45) is 5.92 Å². The van der Waals surface area contributed by atoms with Crippen LogP contribution in [0.5, 0.6) is 0 Å². The molecule has 2 unspecified atom stereocenters. The molecule has 1 saturated carbocycles. The molecule has 1 aliphatic heterocycles. The van der Waals surface area contributed by atoms with Crippen LogP contribution in [-0.4, -0.2) is 40.0 Å². The topological polar surface area (TPSA) is 71.8 Å². The quantitative estimate of drug-likeness (QED) is 0.865. The molecule has 0 aromatic carbocycles. The van der Waals surface area contributed by atoms with Crippen LogP contribution in [0, 0.1) is 5.92 Å². The normalized spacial score (nSPS) is 25.2. The Labute approximate surface area is 131 Å². The highest BCUT2D eigenvalue weighted by atomic mass is 35.5. The van der Waals surface area contributed by atoms with Crippen LogP contribution in [-0.2, 0) is 0 Å². The maximum absolute atomic E-state index is 12.1. The Morgan fingerprint density at radius 3 is 2.95 bits per heavy atom. The van der Waals surface area contributed by atoms with Crippen LogP contribution in [0.15, 0.2) is 6.20 Å². The summed E-state index contributed by atoms with van der Waals surface area (Å²) < 4.78 is 1.85. The monoisotopic (exact) mass is 313 g/mol. The highest BCUT2D eigenvalue weighted by Crippen LogP contribution is 2.34. The summed E-state index contributed by atoms with van der Waals surface area (Å²) in [6, 6.07) is 0.727. The second-order valence-corrected chi connectivity index (χ2v) is 5.93. The SMILES string of the molecule is CCCC1CC1NC(=O)c1cn(C2CCNCC2)nn1.Cl. The van der Waals surface area contributed by atoms with E-state index in [9.17, 15) is 4.79 Å². The van der Waals surface area contributed by atoms with Gasteiger partial charge in [-0.1, -0.05) is 18.6 Å². The molecule has 1 aliphatic carbocycles. The number of piperidine rings is 1. The first-order valence-corrected chi connectivity index (χ1v) is 7.71. The zero-order valence-corrected chi connectivity index (χ0v) is 13.2. The fourth-order valence-corrected chi connectivity index (χ4v) is 2.99. The van der Waals surface area contributed by atoms with E-state index in [4.69, 9.17) is 0 Å². The van der Waals surface area contributed by atoms with Crippen LogP contribution < -0.4 is 10.6 Å². The molecule has 2 N–H and O–H groups in total. The molecule has 118 valence electrons. The summed E-state index contributed by atoms with van der Waals surface area (Å²) >= 11 is 0. The first-order valence-electron chi connectivity index (χ1n) is 7.71. The summed E-state index contributed by atoms with van der Waals surface area (Å²) in [6.07, 6.45) is 7.39. The molecule has 7 heteroatoms. The van der Waals surface area contributed by atoms with Crippen LogP contribution in [0.25, 0.3) is 0 Å². The van der Waals surface area contributed by atoms with Crippen molar-refractivity contribution >= 4 is 18.3 Å². The molecule has 6 nitrogen and oxygen atoms in total. The Hall–Kier alpha value is -1.14. The number of nitrogens with zero attached hydrogens (tertiary/aromatic N) is 3. The van der Waals surface area contributed by atoms with Gasteiger partial charge in [-0.2, -0.15) is 0 Å². The third-order valence-corrected chi connectivity index (χ3v) is 4.32. The molecule has 0 bridgehead atoms. The molecule has 2 heterocycles. The van der Waals surface area contributed by atoms with Crippen LogP contribution >= 0.6 is 12.4 Å². The molecule has 0 spiro atoms. The van der Waals surface area contributed by atoms with Gasteiger partial charge in [0.25, 0.3) is 5.91 Å². The predicted octanol–water partition coefficient (Wildman–Crippen LogP) is 1.54. The maximum atomic E-state index is 12.1. The van der Waals surface area contributed by atoms with Gasteiger partial charge in [0.1, 0.15) is 0 Å². The van der Waals surface area contributed by atoms with Crippen molar-refractivity contribution in [3.05, 3.63) is 11.9 Å². The minimum Gasteiger partial charge on any atom is -0.348 e. The average Bonchev–Trinajstić information content (AvgIpc) is 3.02. The lowest BCUT2D eigenvalue weighted by atomic mass is 10.1. The van der Waals surface area contributed by atoms with Crippen LogP contribution in [0.2, 0.25) is 0 Å². The number of rotatable bonds is 5. The van der Waals surface area contributed by atoms with E-state index < -0.39 is 0 Å². The first kappa shape index (κ1) is 16.2. The van der Waals surface area contributed by atoms with Gasteiger partial charge in [-0.25, -0.2) is 4.68 Å². The Bertz CT molecular complexity index is 472. The lowest BCUT2D eigenvalue weighted by Crippen LogP contribution is -2.29. The van der Waals surface area contributed by atoms with Gasteiger partial charge in [0.15, 0.2) is 5.69 Å². The van der Waals surface area contributed by atoms with E-state index in [-0.39, 0.29) is 18.3 Å². The summed E-state index contributed by atoms with van der Waals surface area (Å²) in [5, 5.41) is 14.5. The molecule has 0 radical (unpaired) electrons. The van der Waals surface area contributed by atoms with Crippen molar-refractivity contribution in [3.63, 3.8) is 0 Å². The van der Waals surface area contributed by atoms with Gasteiger partial charge in [-0.3, -0.25) is 4.79 Å². The largest absolute Gasteiger partial charge is 0.348 e. The number of hydrogen-bond donors (Lipinski definition) is 2. The highest BCUT2D eigenvalue weighted by molar-refractivity contribution is 5.92. The third kappa shape index (κ3) is 3.95. The lowest BCUT2D eigenvalue weighted by molar-refractivity contribution is 0.0943. The minimum absolute atomic E-state index is 0. The lowest BCUT2D eigenvalue weighted by Gasteiger charge is -2.22. The van der Waals surface area contributed by atoms with Gasteiger partial charge < -0.3 is 10.6 Å². The summed E-state index contributed by atoms with van der Waals surface area (Å²) in [7, 11) is 0. The Morgan fingerprint density at radius 2 is 2.24 bits per heavy atom. The predicted molar refractivity (Wildman–Crippen MR) is 82.7 cm³/mol. The second kappa shape index (κ2) is 7.22. The molecule has 2 fully saturated rings. The van der Waals surface area contributed by atoms with Crippen molar-refractivity contribution < 1.29 is 4.79 Å². The number of carbonyl (C=O) groups is 1. The molecule has 1 aromatic heterocycles. The maximum Gasteiger partial charge on any atom is 0.273 e. The number of nitrogens with one attached hydrogen (secondary N) is 2. The van der Waals surface area contributed by atoms with Crippen molar-refractivity contribution in [1.82, 2.24) is 25.6 Å². The number of carbonyl (C=O) groups excluding carboxylic acids is 1. The molecule has 21 heavy (non-hydrogen) atoms. The van der Waals surface area contributed by atoms with Crippen LogP contribution in [0.3, 0.4) is 0 Å². The zero-order valence-electron chi connectivity index (χ0n) is 12.4. The first-order chi connectivity index (χ1) is 9.78. The van der Waals surface area contributed by atoms with Gasteiger partial charge in [0.05, 0.1) is 12.2 Å². The van der Waals surface area contributed by atoms with E-state index in [0.717, 1.165) is 32.4 Å². The summed E-state index contributed by atoms with van der Waals surface area (Å²) in [6.45, 7) is 4.20. The smallest absolute Gasteiger partial charge is 0.273 e. The number of hydrogen-bond acceptors (Lipinski definition) is 4. The number of halogens is 1. The molecule has 1 aromatic rings. The fourth-order valence-electron chi connectivity index (χ4n) is 2.99. The number of aromatic nitrogens is 3. The van der Waals surface area contributed by atoms with Gasteiger partial charge >= 0.3 is 0 Å². The van der Waals surface area contributed by atoms with Crippen molar-refractivity contribution in [2.75, 3.05) is 13.1 Å². The van der Waals surface area contributed by atoms with Gasteiger partial charge in [-0.15, -0.1) is 17.5 Å². The van der Waals surface area contributed by atoms with E-state index in [2.05, 4.69) is 27.9 Å². The van der Waals surface area contributed by atoms with Crippen molar-refractivity contribution in [1.29, 1.82) is 0 Å². The van der Waals surface area contributed by atoms with E-state index in [1.165, 1.54) is 12.8 Å². The van der Waals surface area contributed by atoms with Crippen molar-refractivity contribution in [2.45, 2.75) is 51.1 Å². The van der Waals surface area contributed by atoms with E-state index in [1.54, 1.807) is 6.20 Å². The highest BCUT2D eigenvalue weighted by Gasteiger charge is 2.37. The molecule has 3 rings (SSSR count). The van der Waals surface area contributed by atoms with Crippen LogP contribution in [0.4, 0.5) is 0 Å². The van der Waals surface area contributed by atoms with Gasteiger partial charge in [0, 0.05) is 6.04 Å². The van der Waals surface area contributed by atoms with E-state index >= 15 is 0 Å². The van der Waals surface area contributed by atoms with E-state index in [1.807, 2.05) is 4.68 Å². The second-order valence-electron chi connectivity index (χ2n) is 5.93. The Kier molecular flexibility index (Phi) is 5.58. The van der Waals surface area contributed by atoms with Crippen molar-refractivity contribution in [3.8, 4) is 0 Å². The fraction of sp³-hybridized carbons (Fsp3) is 0.786. The molecular formula is C14H24ClN5O. The summed E-state index contributed by atoms with van der Waals surface area (Å²) in [5.41, 5.74) is 0.450. The van der Waals surface area contributed by atoms with Gasteiger partial charge in [-0.05, 0) is 44.7 Å². The summed E-state index contributed by atoms with van der Waals surface area (Å²) in [4.78, 5) is 12.1. The summed E-state index contributed by atoms with van der Waals surface area (Å²) in [5.74, 6) is 0.595. The molecule has 2 atom stereocenters. The Morgan fingerprint density at radius 1 is 1.48 bits per heavy atom. The van der Waals surface area contributed by atoms with Gasteiger partial charge in [0.2, 0.25) is 0 Å². The van der Waals surface area contributed by atoms with Crippen LogP contribution in [0.1, 0.15) is 55.6 Å². The molecular weight excluding hydrogens is 290 g/mol. The minimum atomic E-state index is -0.0752. The standard InChI is InChI=1S/C14H23N5O.ClH/c1-2-3-10-8-12(10)16-14(20)13-9-19(18-17-13)11-4-6-15-7-5-11;/h9-12,15H,2-8H2,1H3,(H,16,20);1H. The van der Waals surface area contributed by atoms with E-state index in [0.29, 0.717) is 23.7 Å². The zero-order chi connectivity index (χ0) is 13.9. The molecule has 1 saturated heterocycles. The number of amides is 1. The average molecular weight is 314 g/mol. The molecule has 1 amide bonds. The third-order valence-electron chi connectivity index (χ3n) is 4.32. The molecule has 2 aliphatic rings.